The minimum Gasteiger partial charge on any atom is -0.726 e. The van der Waals surface area contributed by atoms with E-state index in [0.29, 0.717) is 0 Å². The topological polar surface area (TPSA) is 77.4 Å². The molecule has 110 valence electrons. The van der Waals surface area contributed by atoms with E-state index in [1.54, 1.807) is 0 Å². The fourth-order valence-corrected chi connectivity index (χ4v) is 6.73. The summed E-state index contributed by atoms with van der Waals surface area (Å²) in [6, 6.07) is 21.8. The molecule has 6 heteroatoms. The van der Waals surface area contributed by atoms with Gasteiger partial charge in [0.2, 0.25) is 10.4 Å². The molecule has 0 amide bonds. The van der Waals surface area contributed by atoms with E-state index >= 15 is 0 Å². The van der Waals surface area contributed by atoms with Gasteiger partial charge in [0, 0.05) is 0 Å². The van der Waals surface area contributed by atoms with Crippen molar-refractivity contribution >= 4 is 10.4 Å². The first-order valence-corrected chi connectivity index (χ1v) is 13.5. The van der Waals surface area contributed by atoms with Gasteiger partial charge in [0.05, 0.1) is 0 Å². The van der Waals surface area contributed by atoms with Crippen LogP contribution in [0.25, 0.3) is 0 Å². The minimum atomic E-state index is -4.92. The number of hydrogen-bond acceptors (Lipinski definition) is 3. The average molecular weight is 408 g/mol. The normalized spacial score (nSPS) is 12.2. The van der Waals surface area contributed by atoms with Gasteiger partial charge in [-0.1, -0.05) is 0 Å². The Morgan fingerprint density at radius 3 is 1.35 bits per heavy atom. The maximum Gasteiger partial charge on any atom is 0.215 e. The molecule has 0 spiro atoms. The SMILES string of the molecule is C[I+](C)(c1ccccc1)c1ccccc1.O=S(=O)([O-])O. The molecule has 1 N–H and O–H groups in total. The molecule has 0 aliphatic rings. The fourth-order valence-electron chi connectivity index (χ4n) is 1.59. The van der Waals surface area contributed by atoms with Gasteiger partial charge in [-0.2, -0.15) is 0 Å². The van der Waals surface area contributed by atoms with Crippen molar-refractivity contribution in [3.05, 3.63) is 67.8 Å². The Balaban J connectivity index is 0.000000347. The predicted octanol–water partition coefficient (Wildman–Crippen LogP) is -0.849. The molecular formula is C14H17IO4S. The summed E-state index contributed by atoms with van der Waals surface area (Å²) in [6.45, 7) is 0. The van der Waals surface area contributed by atoms with Crippen LogP contribution in [0, 0.1) is 7.14 Å². The molecule has 0 saturated heterocycles. The van der Waals surface area contributed by atoms with E-state index in [2.05, 4.69) is 70.5 Å². The molecule has 0 saturated carbocycles. The molecule has 2 rings (SSSR count). The first-order chi connectivity index (χ1) is 9.21. The Morgan fingerprint density at radius 2 is 1.10 bits per heavy atom. The third kappa shape index (κ3) is 6.00. The smallest absolute Gasteiger partial charge is 0.215 e. The van der Waals surface area contributed by atoms with Gasteiger partial charge in [-0.05, 0) is 0 Å². The Morgan fingerprint density at radius 1 is 0.850 bits per heavy atom. The van der Waals surface area contributed by atoms with Crippen LogP contribution < -0.4 is 18.4 Å². The molecule has 0 fully saturated rings. The van der Waals surface area contributed by atoms with Gasteiger partial charge in [-0.25, -0.2) is 8.42 Å². The van der Waals surface area contributed by atoms with Gasteiger partial charge >= 0.3 is 96.1 Å². The van der Waals surface area contributed by atoms with Crippen molar-refractivity contribution in [2.24, 2.45) is 0 Å². The second-order valence-electron chi connectivity index (χ2n) is 4.25. The molecular weight excluding hydrogens is 391 g/mol. The summed E-state index contributed by atoms with van der Waals surface area (Å²) in [6.07, 6.45) is 0. The van der Waals surface area contributed by atoms with Gasteiger partial charge in [-0.15, -0.1) is 0 Å². The van der Waals surface area contributed by atoms with Crippen molar-refractivity contribution in [3.8, 4) is 0 Å². The molecule has 0 bridgehead atoms. The first kappa shape index (κ1) is 17.1. The molecule has 2 aromatic carbocycles. The minimum absolute atomic E-state index is 1.54. The van der Waals surface area contributed by atoms with E-state index in [-0.39, 0.29) is 0 Å². The summed E-state index contributed by atoms with van der Waals surface area (Å²) in [4.78, 5) is 4.88. The maximum atomic E-state index is 8.63. The van der Waals surface area contributed by atoms with Crippen molar-refractivity contribution in [3.63, 3.8) is 0 Å². The van der Waals surface area contributed by atoms with Crippen LogP contribution in [0.1, 0.15) is 0 Å². The zero-order valence-electron chi connectivity index (χ0n) is 11.2. The summed E-state index contributed by atoms with van der Waals surface area (Å²) < 4.78 is 35.9. The molecule has 20 heavy (non-hydrogen) atoms. The van der Waals surface area contributed by atoms with Crippen LogP contribution in [0.3, 0.4) is 0 Å². The average Bonchev–Trinajstić information content (AvgIpc) is 2.39. The fraction of sp³-hybridized carbons (Fsp3) is 0.143. The van der Waals surface area contributed by atoms with Crippen molar-refractivity contribution in [2.75, 3.05) is 9.86 Å². The Bertz CT molecular complexity index is 575. The molecule has 0 radical (unpaired) electrons. The van der Waals surface area contributed by atoms with Crippen LogP contribution in [-0.2, 0) is 10.4 Å². The molecule has 0 unspecified atom stereocenters. The third-order valence-corrected chi connectivity index (χ3v) is 10.2. The summed E-state index contributed by atoms with van der Waals surface area (Å²) in [5.41, 5.74) is 0. The number of alkyl halides is 2. The van der Waals surface area contributed by atoms with E-state index in [1.165, 1.54) is 7.14 Å². The maximum absolute atomic E-state index is 8.63. The molecule has 0 heterocycles. The molecule has 0 aliphatic heterocycles. The predicted molar refractivity (Wildman–Crippen MR) is 74.5 cm³/mol. The summed E-state index contributed by atoms with van der Waals surface area (Å²) >= 11 is -1.91. The summed E-state index contributed by atoms with van der Waals surface area (Å²) in [7, 11) is -4.92. The van der Waals surface area contributed by atoms with E-state index in [1.807, 2.05) is 0 Å². The molecule has 0 aromatic heterocycles. The third-order valence-electron chi connectivity index (χ3n) is 2.56. The first-order valence-electron chi connectivity index (χ1n) is 5.64. The van der Waals surface area contributed by atoms with Crippen LogP contribution in [-0.4, -0.2) is 27.4 Å². The summed E-state index contributed by atoms with van der Waals surface area (Å²) in [5.74, 6) is 0. The van der Waals surface area contributed by atoms with E-state index < -0.39 is 28.8 Å². The zero-order chi connectivity index (χ0) is 15.2. The standard InChI is InChI=1S/C14H16I.H2O4S/c1-15(2,13-9-5-3-6-10-13)14-11-7-4-8-12-14;1-5(2,3)4/h3-12H,1-2H3;(H2,1,2,3,4)/q+1;/p-1. The van der Waals surface area contributed by atoms with Crippen LogP contribution in [0.4, 0.5) is 0 Å². The van der Waals surface area contributed by atoms with Crippen molar-refractivity contribution in [1.29, 1.82) is 0 Å². The van der Waals surface area contributed by atoms with E-state index in [4.69, 9.17) is 17.5 Å². The van der Waals surface area contributed by atoms with E-state index in [0.717, 1.165) is 0 Å². The number of benzene rings is 2. The van der Waals surface area contributed by atoms with Gasteiger partial charge in [-0.3, -0.25) is 4.55 Å². The Labute approximate surface area is 123 Å². The van der Waals surface area contributed by atoms with Gasteiger partial charge in [0.15, 0.2) is 0 Å². The van der Waals surface area contributed by atoms with Gasteiger partial charge < -0.3 is 4.55 Å². The van der Waals surface area contributed by atoms with Crippen LogP contribution >= 0.6 is 0 Å². The van der Waals surface area contributed by atoms with Crippen molar-refractivity contribution in [1.82, 2.24) is 0 Å². The Hall–Kier alpha value is -0.960. The molecule has 4 nitrogen and oxygen atoms in total. The number of hydrogen-bond donors (Lipinski definition) is 1. The van der Waals surface area contributed by atoms with Crippen molar-refractivity contribution in [2.45, 2.75) is 0 Å². The van der Waals surface area contributed by atoms with E-state index in [9.17, 15) is 0 Å². The van der Waals surface area contributed by atoms with Crippen LogP contribution in [0.5, 0.6) is 0 Å². The van der Waals surface area contributed by atoms with Gasteiger partial charge in [0.25, 0.3) is 0 Å². The molecule has 2 aromatic rings. The van der Waals surface area contributed by atoms with Crippen molar-refractivity contribution < 1.29 is 36.0 Å². The summed E-state index contributed by atoms with van der Waals surface area (Å²) in [5, 5.41) is 0. The largest absolute Gasteiger partial charge is 0.726 e. The van der Waals surface area contributed by atoms with Crippen LogP contribution in [0.2, 0.25) is 0 Å². The molecule has 0 atom stereocenters. The zero-order valence-corrected chi connectivity index (χ0v) is 14.2. The quantitative estimate of drug-likeness (QED) is 0.304. The second kappa shape index (κ2) is 7.16. The van der Waals surface area contributed by atoms with Gasteiger partial charge in [0.1, 0.15) is 0 Å². The molecule has 0 aliphatic carbocycles. The monoisotopic (exact) mass is 408 g/mol. The number of halogens is 1. The Kier molecular flexibility index (Phi) is 6.12. The number of rotatable bonds is 2. The van der Waals surface area contributed by atoms with Crippen LogP contribution in [0.15, 0.2) is 60.7 Å². The second-order valence-corrected chi connectivity index (χ2v) is 14.6.